The Balaban J connectivity index is 1.30. The van der Waals surface area contributed by atoms with Crippen molar-refractivity contribution in [3.05, 3.63) is 77.2 Å². The molecule has 3 N–H and O–H groups in total. The quantitative estimate of drug-likeness (QED) is 0.464. The lowest BCUT2D eigenvalue weighted by Gasteiger charge is -2.32. The molecule has 0 bridgehead atoms. The first-order chi connectivity index (χ1) is 16.4. The van der Waals surface area contributed by atoms with Crippen LogP contribution in [0.1, 0.15) is 36.8 Å². The molecule has 3 aromatic rings. The zero-order valence-corrected chi connectivity index (χ0v) is 19.2. The van der Waals surface area contributed by atoms with E-state index in [9.17, 15) is 13.2 Å². The van der Waals surface area contributed by atoms with E-state index in [1.54, 1.807) is 19.3 Å². The van der Waals surface area contributed by atoms with Gasteiger partial charge >= 0.3 is 0 Å². The lowest BCUT2D eigenvalue weighted by Crippen LogP contribution is -2.40. The fraction of sp³-hybridized carbons (Fsp3) is 0.370. The van der Waals surface area contributed by atoms with E-state index in [-0.39, 0.29) is 17.4 Å². The van der Waals surface area contributed by atoms with Crippen LogP contribution in [0, 0.1) is 23.4 Å². The molecule has 1 aliphatic rings. The number of benzene rings is 2. The fourth-order valence-electron chi connectivity index (χ4n) is 4.75. The van der Waals surface area contributed by atoms with Crippen molar-refractivity contribution in [2.45, 2.75) is 44.2 Å². The summed E-state index contributed by atoms with van der Waals surface area (Å²) in [5.74, 6) is -0.266. The molecule has 0 unspecified atom stereocenters. The number of nitrogens with one attached hydrogen (secondary N) is 1. The Hall–Kier alpha value is -2.90. The van der Waals surface area contributed by atoms with Crippen LogP contribution in [0.25, 0.3) is 17.0 Å². The van der Waals surface area contributed by atoms with Crippen molar-refractivity contribution in [2.24, 2.45) is 11.7 Å². The predicted octanol–water partition coefficient (Wildman–Crippen LogP) is 5.39. The number of fused-ring (bicyclic) bond motifs is 1. The van der Waals surface area contributed by atoms with E-state index in [0.717, 1.165) is 48.7 Å². The zero-order chi connectivity index (χ0) is 24.1. The SMILES string of the molecule is COc1ccc2ncc(F)c(C[C@H](N)C3CCC(NCC=Cc4cc(F)ccc4F)CC3)c2c1. The topological polar surface area (TPSA) is 60.2 Å². The largest absolute Gasteiger partial charge is 0.497 e. The van der Waals surface area contributed by atoms with Gasteiger partial charge in [0, 0.05) is 35.1 Å². The minimum Gasteiger partial charge on any atom is -0.497 e. The summed E-state index contributed by atoms with van der Waals surface area (Å²) in [5.41, 5.74) is 8.11. The summed E-state index contributed by atoms with van der Waals surface area (Å²) < 4.78 is 46.9. The molecule has 4 nitrogen and oxygen atoms in total. The number of hydrogen-bond acceptors (Lipinski definition) is 4. The first-order valence-electron chi connectivity index (χ1n) is 11.7. The van der Waals surface area contributed by atoms with Gasteiger partial charge in [0.05, 0.1) is 18.8 Å². The molecule has 1 saturated carbocycles. The maximum atomic E-state index is 14.7. The molecule has 4 rings (SSSR count). The summed E-state index contributed by atoms with van der Waals surface area (Å²) >= 11 is 0. The normalized spacial score (nSPS) is 19.6. The van der Waals surface area contributed by atoms with Gasteiger partial charge in [0.15, 0.2) is 0 Å². The van der Waals surface area contributed by atoms with Gasteiger partial charge < -0.3 is 15.8 Å². The Morgan fingerprint density at radius 3 is 2.65 bits per heavy atom. The molecule has 1 aromatic heterocycles. The van der Waals surface area contributed by atoms with Crippen molar-refractivity contribution in [3.8, 4) is 5.75 Å². The Kier molecular flexibility index (Phi) is 7.85. The number of nitrogens with zero attached hydrogens (tertiary/aromatic N) is 1. The molecule has 0 radical (unpaired) electrons. The van der Waals surface area contributed by atoms with E-state index in [2.05, 4.69) is 10.3 Å². The highest BCUT2D eigenvalue weighted by molar-refractivity contribution is 5.83. The van der Waals surface area contributed by atoms with Gasteiger partial charge in [-0.2, -0.15) is 0 Å². The highest BCUT2D eigenvalue weighted by Gasteiger charge is 2.26. The molecular formula is C27H30F3N3O. The molecule has 1 fully saturated rings. The number of methoxy groups -OCH3 is 1. The highest BCUT2D eigenvalue weighted by atomic mass is 19.1. The van der Waals surface area contributed by atoms with Crippen LogP contribution in [0.5, 0.6) is 5.75 Å². The second-order valence-corrected chi connectivity index (χ2v) is 8.92. The highest BCUT2D eigenvalue weighted by Crippen LogP contribution is 2.30. The number of pyridine rings is 1. The molecule has 0 aliphatic heterocycles. The summed E-state index contributed by atoms with van der Waals surface area (Å²) in [5, 5.41) is 4.20. The summed E-state index contributed by atoms with van der Waals surface area (Å²) in [7, 11) is 1.58. The van der Waals surface area contributed by atoms with E-state index < -0.39 is 11.6 Å². The molecule has 1 atom stereocenters. The van der Waals surface area contributed by atoms with Gasteiger partial charge in [-0.15, -0.1) is 0 Å². The summed E-state index contributed by atoms with van der Waals surface area (Å²) in [6, 6.07) is 9.07. The third-order valence-electron chi connectivity index (χ3n) is 6.73. The van der Waals surface area contributed by atoms with E-state index in [4.69, 9.17) is 10.5 Å². The summed E-state index contributed by atoms with van der Waals surface area (Å²) in [6.45, 7) is 0.577. The van der Waals surface area contributed by atoms with E-state index in [1.807, 2.05) is 18.2 Å². The number of nitrogens with two attached hydrogens (primary N) is 1. The van der Waals surface area contributed by atoms with Gasteiger partial charge in [-0.25, -0.2) is 13.2 Å². The van der Waals surface area contributed by atoms with Crippen molar-refractivity contribution in [2.75, 3.05) is 13.7 Å². The summed E-state index contributed by atoms with van der Waals surface area (Å²) in [4.78, 5) is 4.19. The predicted molar refractivity (Wildman–Crippen MR) is 129 cm³/mol. The van der Waals surface area contributed by atoms with Crippen molar-refractivity contribution in [1.29, 1.82) is 0 Å². The number of rotatable bonds is 8. The molecule has 0 amide bonds. The summed E-state index contributed by atoms with van der Waals surface area (Å²) in [6.07, 6.45) is 8.95. The van der Waals surface area contributed by atoms with Crippen LogP contribution in [0.3, 0.4) is 0 Å². The van der Waals surface area contributed by atoms with Crippen molar-refractivity contribution in [3.63, 3.8) is 0 Å². The van der Waals surface area contributed by atoms with Crippen LogP contribution in [0.2, 0.25) is 0 Å². The maximum absolute atomic E-state index is 14.7. The van der Waals surface area contributed by atoms with Crippen LogP contribution >= 0.6 is 0 Å². The molecular weight excluding hydrogens is 439 g/mol. The smallest absolute Gasteiger partial charge is 0.145 e. The molecule has 0 spiro atoms. The number of hydrogen-bond donors (Lipinski definition) is 2. The average Bonchev–Trinajstić information content (AvgIpc) is 2.85. The fourth-order valence-corrected chi connectivity index (χ4v) is 4.75. The van der Waals surface area contributed by atoms with Crippen molar-refractivity contribution >= 4 is 17.0 Å². The second kappa shape index (κ2) is 11.0. The van der Waals surface area contributed by atoms with Gasteiger partial charge in [0.2, 0.25) is 0 Å². The van der Waals surface area contributed by atoms with Crippen LogP contribution in [-0.4, -0.2) is 30.7 Å². The third-order valence-corrected chi connectivity index (χ3v) is 6.73. The Bertz CT molecular complexity index is 1160. The van der Waals surface area contributed by atoms with E-state index in [0.29, 0.717) is 36.2 Å². The van der Waals surface area contributed by atoms with Crippen LogP contribution in [0.15, 0.2) is 48.7 Å². The minimum absolute atomic E-state index is 0.150. The van der Waals surface area contributed by atoms with Crippen LogP contribution in [0.4, 0.5) is 13.2 Å². The van der Waals surface area contributed by atoms with Gasteiger partial charge in [-0.1, -0.05) is 12.2 Å². The first-order valence-corrected chi connectivity index (χ1v) is 11.7. The standard InChI is InChI=1S/C27H30F3N3O/c1-34-21-9-11-27-23(14-21)22(25(30)16-33-27)15-26(31)17-4-7-20(8-5-17)32-12-2-3-18-13-19(28)6-10-24(18)29/h2-3,6,9-11,13-14,16-17,20,26,32H,4-5,7-8,12,15,31H2,1H3/t17?,20?,26-/m0/s1. The van der Waals surface area contributed by atoms with Gasteiger partial charge in [0.1, 0.15) is 23.2 Å². The zero-order valence-electron chi connectivity index (χ0n) is 19.2. The van der Waals surface area contributed by atoms with Crippen LogP contribution < -0.4 is 15.8 Å². The average molecular weight is 470 g/mol. The monoisotopic (exact) mass is 469 g/mol. The Labute approximate surface area is 198 Å². The maximum Gasteiger partial charge on any atom is 0.145 e. The van der Waals surface area contributed by atoms with Crippen molar-refractivity contribution < 1.29 is 17.9 Å². The van der Waals surface area contributed by atoms with Gasteiger partial charge in [-0.3, -0.25) is 4.98 Å². The third kappa shape index (κ3) is 5.77. The number of aromatic nitrogens is 1. The molecule has 1 aliphatic carbocycles. The molecule has 2 aromatic carbocycles. The molecule has 7 heteroatoms. The molecule has 34 heavy (non-hydrogen) atoms. The number of ether oxygens (including phenoxy) is 1. The Morgan fingerprint density at radius 2 is 1.88 bits per heavy atom. The number of halogens is 3. The molecule has 1 heterocycles. The van der Waals surface area contributed by atoms with E-state index >= 15 is 0 Å². The lowest BCUT2D eigenvalue weighted by molar-refractivity contribution is 0.260. The van der Waals surface area contributed by atoms with Gasteiger partial charge in [0.25, 0.3) is 0 Å². The molecule has 180 valence electrons. The minimum atomic E-state index is -0.456. The van der Waals surface area contributed by atoms with E-state index in [1.165, 1.54) is 12.3 Å². The first kappa shape index (κ1) is 24.2. The van der Waals surface area contributed by atoms with Crippen molar-refractivity contribution in [1.82, 2.24) is 10.3 Å². The lowest BCUT2D eigenvalue weighted by atomic mass is 9.79. The van der Waals surface area contributed by atoms with Gasteiger partial charge in [-0.05, 0) is 74.4 Å². The van der Waals surface area contributed by atoms with Crippen LogP contribution in [-0.2, 0) is 6.42 Å². The molecule has 0 saturated heterocycles. The Morgan fingerprint density at radius 1 is 1.09 bits per heavy atom. The second-order valence-electron chi connectivity index (χ2n) is 8.92.